The highest BCUT2D eigenvalue weighted by Gasteiger charge is 2.36. The quantitative estimate of drug-likeness (QED) is 0.392. The number of nitrogens with zero attached hydrogens (tertiary/aromatic N) is 1. The Balaban J connectivity index is 1.66. The molecule has 2 aromatic rings. The van der Waals surface area contributed by atoms with Crippen LogP contribution in [0, 0.1) is 5.92 Å². The number of carbonyl (C=O) groups excluding carboxylic acids is 1. The molecule has 1 aliphatic carbocycles. The Hall–Kier alpha value is -3.05. The lowest BCUT2D eigenvalue weighted by molar-refractivity contribution is -0.144. The zero-order chi connectivity index (χ0) is 26.7. The van der Waals surface area contributed by atoms with Gasteiger partial charge >= 0.3 is 12.1 Å². The third-order valence-electron chi connectivity index (χ3n) is 6.32. The lowest BCUT2D eigenvalue weighted by Gasteiger charge is -2.34. The van der Waals surface area contributed by atoms with E-state index in [4.69, 9.17) is 21.4 Å². The first-order chi connectivity index (χ1) is 16.8. The molecule has 0 spiro atoms. The molecule has 1 aromatic carbocycles. The van der Waals surface area contributed by atoms with Gasteiger partial charge < -0.3 is 25.6 Å². The number of anilines is 1. The van der Waals surface area contributed by atoms with Crippen LogP contribution in [0.4, 0.5) is 18.9 Å². The summed E-state index contributed by atoms with van der Waals surface area (Å²) in [6.07, 6.45) is -2.41. The molecule has 1 aromatic heterocycles. The monoisotopic (exact) mass is 529 g/mol. The first kappa shape index (κ1) is 27.5. The number of hydrogen-bond acceptors (Lipinski definition) is 6. The molecule has 1 unspecified atom stereocenters. The van der Waals surface area contributed by atoms with E-state index in [0.717, 1.165) is 12.3 Å². The molecule has 1 heterocycles. The van der Waals surface area contributed by atoms with Crippen LogP contribution in [0.5, 0.6) is 5.75 Å². The number of nitrogens with one attached hydrogen (secondary N) is 2. The predicted octanol–water partition coefficient (Wildman–Crippen LogP) is 4.67. The van der Waals surface area contributed by atoms with Crippen molar-refractivity contribution in [2.24, 2.45) is 5.92 Å². The highest BCUT2D eigenvalue weighted by atomic mass is 35.5. The van der Waals surface area contributed by atoms with Crippen LogP contribution in [0.3, 0.4) is 0 Å². The van der Waals surface area contributed by atoms with Crippen LogP contribution in [0.1, 0.15) is 60.3 Å². The molecule has 36 heavy (non-hydrogen) atoms. The zero-order valence-corrected chi connectivity index (χ0v) is 20.4. The Morgan fingerprint density at radius 2 is 1.94 bits per heavy atom. The zero-order valence-electron chi connectivity index (χ0n) is 19.7. The summed E-state index contributed by atoms with van der Waals surface area (Å²) in [5, 5.41) is 25.6. The molecule has 0 bridgehead atoms. The van der Waals surface area contributed by atoms with Crippen LogP contribution in [-0.2, 0) is 11.0 Å². The minimum Gasteiger partial charge on any atom is -0.495 e. The van der Waals surface area contributed by atoms with Crippen LogP contribution in [0.15, 0.2) is 30.5 Å². The lowest BCUT2D eigenvalue weighted by Crippen LogP contribution is -2.46. The fourth-order valence-corrected chi connectivity index (χ4v) is 4.37. The second-order valence-corrected chi connectivity index (χ2v) is 9.30. The maximum Gasteiger partial charge on any atom is 0.433 e. The number of benzene rings is 1. The number of pyridine rings is 1. The van der Waals surface area contributed by atoms with Crippen molar-refractivity contribution in [3.8, 4) is 5.75 Å². The van der Waals surface area contributed by atoms with E-state index in [1.807, 2.05) is 0 Å². The number of aromatic nitrogens is 1. The molecule has 196 valence electrons. The van der Waals surface area contributed by atoms with E-state index in [2.05, 4.69) is 15.6 Å². The summed E-state index contributed by atoms with van der Waals surface area (Å²) in [7, 11) is 1.33. The van der Waals surface area contributed by atoms with Gasteiger partial charge in [0.25, 0.3) is 5.91 Å². The first-order valence-corrected chi connectivity index (χ1v) is 11.6. The summed E-state index contributed by atoms with van der Waals surface area (Å²) >= 11 is 6.33. The van der Waals surface area contributed by atoms with Crippen molar-refractivity contribution < 1.29 is 37.7 Å². The normalized spacial score (nSPS) is 20.9. The number of hydrogen-bond donors (Lipinski definition) is 4. The molecule has 8 nitrogen and oxygen atoms in total. The van der Waals surface area contributed by atoms with Gasteiger partial charge in [-0.05, 0) is 56.9 Å². The number of aliphatic carboxylic acids is 1. The highest BCUT2D eigenvalue weighted by molar-refractivity contribution is 6.33. The van der Waals surface area contributed by atoms with Gasteiger partial charge in [-0.3, -0.25) is 9.59 Å². The van der Waals surface area contributed by atoms with Gasteiger partial charge in [0.05, 0.1) is 41.6 Å². The van der Waals surface area contributed by atoms with E-state index in [1.54, 1.807) is 6.92 Å². The van der Waals surface area contributed by atoms with Gasteiger partial charge in [0, 0.05) is 17.7 Å². The van der Waals surface area contributed by atoms with Crippen molar-refractivity contribution in [2.45, 2.75) is 50.4 Å². The standard InChI is InChI=1S/C24H27ClF3N3O5/c1-13(16-10-20(24(26,27)28)29-11-19(16)36-2)31-18-4-3-15(9-17(18)25)21(32)30-12-23(35)7-5-14(6-8-23)22(33)34/h3-4,9-11,13-14,31,35H,5-8,12H2,1-2H3,(H,30,32)(H,33,34). The average molecular weight is 530 g/mol. The molecular formula is C24H27ClF3N3O5. The predicted molar refractivity (Wildman–Crippen MR) is 126 cm³/mol. The Bertz CT molecular complexity index is 1120. The fourth-order valence-electron chi connectivity index (χ4n) is 4.13. The molecule has 1 fully saturated rings. The van der Waals surface area contributed by atoms with E-state index < -0.39 is 41.3 Å². The van der Waals surface area contributed by atoms with Crippen LogP contribution in [0.25, 0.3) is 0 Å². The summed E-state index contributed by atoms with van der Waals surface area (Å²) in [5.74, 6) is -1.68. The molecule has 12 heteroatoms. The number of amides is 1. The maximum atomic E-state index is 13.1. The third-order valence-corrected chi connectivity index (χ3v) is 6.63. The van der Waals surface area contributed by atoms with E-state index in [9.17, 15) is 27.9 Å². The van der Waals surface area contributed by atoms with Crippen LogP contribution in [0.2, 0.25) is 5.02 Å². The SMILES string of the molecule is COc1cnc(C(F)(F)F)cc1C(C)Nc1ccc(C(=O)NCC2(O)CCC(C(=O)O)CC2)cc1Cl. The molecule has 3 rings (SSSR count). The Labute approximate surface area is 210 Å². The van der Waals surface area contributed by atoms with Gasteiger partial charge in [-0.15, -0.1) is 0 Å². The molecule has 0 saturated heterocycles. The number of carbonyl (C=O) groups is 2. The Morgan fingerprint density at radius 1 is 1.28 bits per heavy atom. The van der Waals surface area contributed by atoms with Crippen molar-refractivity contribution in [1.29, 1.82) is 0 Å². The number of ether oxygens (including phenoxy) is 1. The van der Waals surface area contributed by atoms with Gasteiger partial charge in [0.1, 0.15) is 11.4 Å². The number of carboxylic acid groups (broad SMARTS) is 1. The summed E-state index contributed by atoms with van der Waals surface area (Å²) < 4.78 is 44.5. The number of aliphatic hydroxyl groups is 1. The smallest absolute Gasteiger partial charge is 0.433 e. The van der Waals surface area contributed by atoms with Gasteiger partial charge in [0.15, 0.2) is 0 Å². The van der Waals surface area contributed by atoms with Crippen molar-refractivity contribution in [2.75, 3.05) is 19.0 Å². The van der Waals surface area contributed by atoms with Crippen molar-refractivity contribution in [3.05, 3.63) is 52.3 Å². The average Bonchev–Trinajstić information content (AvgIpc) is 2.83. The highest BCUT2D eigenvalue weighted by Crippen LogP contribution is 2.35. The first-order valence-electron chi connectivity index (χ1n) is 11.2. The van der Waals surface area contributed by atoms with Crippen LogP contribution >= 0.6 is 11.6 Å². The molecule has 0 radical (unpaired) electrons. The minimum absolute atomic E-state index is 0.0315. The molecule has 1 aliphatic rings. The molecule has 1 amide bonds. The summed E-state index contributed by atoms with van der Waals surface area (Å²) in [6, 6.07) is 4.69. The number of alkyl halides is 3. The number of halogens is 4. The Kier molecular flexibility index (Phi) is 8.35. The van der Waals surface area contributed by atoms with Gasteiger partial charge in [0.2, 0.25) is 0 Å². The third kappa shape index (κ3) is 6.58. The van der Waals surface area contributed by atoms with Crippen molar-refractivity contribution in [1.82, 2.24) is 10.3 Å². The fraction of sp³-hybridized carbons (Fsp3) is 0.458. The number of methoxy groups -OCH3 is 1. The van der Waals surface area contributed by atoms with Crippen LogP contribution in [-0.4, -0.2) is 46.3 Å². The molecular weight excluding hydrogens is 503 g/mol. The van der Waals surface area contributed by atoms with Gasteiger partial charge in [-0.2, -0.15) is 13.2 Å². The second-order valence-electron chi connectivity index (χ2n) is 8.89. The van der Waals surface area contributed by atoms with E-state index in [-0.39, 0.29) is 41.3 Å². The van der Waals surface area contributed by atoms with Crippen LogP contribution < -0.4 is 15.4 Å². The minimum atomic E-state index is -4.61. The summed E-state index contributed by atoms with van der Waals surface area (Å²) in [6.45, 7) is 1.60. The Morgan fingerprint density at radius 3 is 2.50 bits per heavy atom. The lowest BCUT2D eigenvalue weighted by atomic mass is 9.79. The van der Waals surface area contributed by atoms with E-state index in [0.29, 0.717) is 18.5 Å². The summed E-state index contributed by atoms with van der Waals surface area (Å²) in [5.41, 5.74) is -1.39. The topological polar surface area (TPSA) is 121 Å². The molecule has 4 N–H and O–H groups in total. The van der Waals surface area contributed by atoms with E-state index >= 15 is 0 Å². The molecule has 1 saturated carbocycles. The second kappa shape index (κ2) is 10.9. The molecule has 0 aliphatic heterocycles. The number of carboxylic acids is 1. The number of rotatable bonds is 8. The van der Waals surface area contributed by atoms with Gasteiger partial charge in [-0.25, -0.2) is 4.98 Å². The van der Waals surface area contributed by atoms with Crippen molar-refractivity contribution in [3.63, 3.8) is 0 Å². The largest absolute Gasteiger partial charge is 0.495 e. The van der Waals surface area contributed by atoms with E-state index in [1.165, 1.54) is 25.3 Å². The van der Waals surface area contributed by atoms with Gasteiger partial charge in [-0.1, -0.05) is 11.6 Å². The summed E-state index contributed by atoms with van der Waals surface area (Å²) in [4.78, 5) is 27.1. The molecule has 1 atom stereocenters. The van der Waals surface area contributed by atoms with Crippen molar-refractivity contribution >= 4 is 29.2 Å². The maximum absolute atomic E-state index is 13.1.